The number of hydrogen-bond acceptors (Lipinski definition) is 3. The van der Waals surface area contributed by atoms with Gasteiger partial charge in [-0.1, -0.05) is 13.0 Å². The summed E-state index contributed by atoms with van der Waals surface area (Å²) < 4.78 is 0. The van der Waals surface area contributed by atoms with Crippen molar-refractivity contribution in [3.05, 3.63) is 53.1 Å². The van der Waals surface area contributed by atoms with Crippen LogP contribution in [0.5, 0.6) is 0 Å². The number of carbonyl (C=O) groups is 1. The molecule has 2 aromatic heterocycles. The zero-order valence-electron chi connectivity index (χ0n) is 12.3. The van der Waals surface area contributed by atoms with E-state index in [-0.39, 0.29) is 5.78 Å². The Bertz CT molecular complexity index is 575. The first-order valence-corrected chi connectivity index (χ1v) is 6.91. The fourth-order valence-electron chi connectivity index (χ4n) is 2.30. The van der Waals surface area contributed by atoms with Gasteiger partial charge in [0.05, 0.1) is 12.2 Å². The van der Waals surface area contributed by atoms with Crippen LogP contribution < -0.4 is 0 Å². The van der Waals surface area contributed by atoms with Gasteiger partial charge in [0.15, 0.2) is 5.78 Å². The molecule has 0 saturated carbocycles. The summed E-state index contributed by atoms with van der Waals surface area (Å²) in [6, 6.07) is 7.78. The van der Waals surface area contributed by atoms with Crippen molar-refractivity contribution in [3.8, 4) is 0 Å². The largest absolute Gasteiger partial charge is 0.362 e. The molecule has 0 aliphatic rings. The number of carbonyl (C=O) groups excluding carboxylic acids is 1. The number of Topliss-reactive ketones (excluding diaryl/α,β-unsaturated/α-hetero) is 1. The summed E-state index contributed by atoms with van der Waals surface area (Å²) in [5.74, 6) is 0.157. The van der Waals surface area contributed by atoms with Gasteiger partial charge in [0.1, 0.15) is 0 Å². The molecule has 2 rings (SSSR count). The second-order valence-corrected chi connectivity index (χ2v) is 5.04. The Kier molecular flexibility index (Phi) is 4.69. The highest BCUT2D eigenvalue weighted by Gasteiger charge is 2.15. The van der Waals surface area contributed by atoms with Crippen LogP contribution in [0.3, 0.4) is 0 Å². The zero-order valence-corrected chi connectivity index (χ0v) is 12.3. The Morgan fingerprint density at radius 1 is 1.35 bits per heavy atom. The third kappa shape index (κ3) is 3.54. The lowest BCUT2D eigenvalue weighted by Gasteiger charge is -2.18. The molecule has 0 spiro atoms. The predicted octanol–water partition coefficient (Wildman–Crippen LogP) is 2.73. The van der Waals surface area contributed by atoms with Gasteiger partial charge in [-0.15, -0.1) is 0 Å². The van der Waals surface area contributed by atoms with Crippen LogP contribution in [0.2, 0.25) is 0 Å². The Morgan fingerprint density at radius 2 is 2.15 bits per heavy atom. The van der Waals surface area contributed by atoms with Crippen LogP contribution in [0.4, 0.5) is 0 Å². The maximum atomic E-state index is 12.4. The van der Waals surface area contributed by atoms with E-state index >= 15 is 0 Å². The lowest BCUT2D eigenvalue weighted by molar-refractivity contribution is 0.0928. The molecular weight excluding hydrogens is 250 g/mol. The van der Waals surface area contributed by atoms with Crippen LogP contribution in [0, 0.1) is 13.8 Å². The highest BCUT2D eigenvalue weighted by molar-refractivity contribution is 5.98. The van der Waals surface area contributed by atoms with Crippen molar-refractivity contribution in [1.82, 2.24) is 14.9 Å². The number of rotatable bonds is 6. The van der Waals surface area contributed by atoms with Crippen molar-refractivity contribution in [1.29, 1.82) is 0 Å². The standard InChI is InChI=1S/C16H21N3O/c1-4-19(10-14-7-5-6-8-17-14)11-16(20)15-9-12(2)18-13(15)3/h5-9,18H,4,10-11H2,1-3H3. The summed E-state index contributed by atoms with van der Waals surface area (Å²) in [5.41, 5.74) is 3.76. The molecule has 0 amide bonds. The van der Waals surface area contributed by atoms with Gasteiger partial charge in [-0.05, 0) is 38.6 Å². The number of pyridine rings is 1. The topological polar surface area (TPSA) is 49.0 Å². The fourth-order valence-corrected chi connectivity index (χ4v) is 2.30. The SMILES string of the molecule is CCN(CC(=O)c1cc(C)[nH]c1C)Cc1ccccn1. The highest BCUT2D eigenvalue weighted by atomic mass is 16.1. The maximum absolute atomic E-state index is 12.4. The molecule has 4 heteroatoms. The van der Waals surface area contributed by atoms with E-state index in [1.807, 2.05) is 38.1 Å². The Labute approximate surface area is 119 Å². The summed E-state index contributed by atoms with van der Waals surface area (Å²) >= 11 is 0. The van der Waals surface area contributed by atoms with E-state index in [1.165, 1.54) is 0 Å². The molecule has 0 bridgehead atoms. The van der Waals surface area contributed by atoms with Crippen LogP contribution in [0.25, 0.3) is 0 Å². The number of hydrogen-bond donors (Lipinski definition) is 1. The van der Waals surface area contributed by atoms with E-state index < -0.39 is 0 Å². The first-order chi connectivity index (χ1) is 9.60. The number of aromatic amines is 1. The monoisotopic (exact) mass is 271 g/mol. The van der Waals surface area contributed by atoms with E-state index in [0.29, 0.717) is 13.1 Å². The lowest BCUT2D eigenvalue weighted by atomic mass is 10.1. The number of likely N-dealkylation sites (N-methyl/N-ethyl adjacent to an activating group) is 1. The molecule has 0 unspecified atom stereocenters. The molecule has 2 aromatic rings. The summed E-state index contributed by atoms with van der Waals surface area (Å²) in [4.78, 5) is 21.9. The highest BCUT2D eigenvalue weighted by Crippen LogP contribution is 2.11. The summed E-state index contributed by atoms with van der Waals surface area (Å²) in [5, 5.41) is 0. The normalized spacial score (nSPS) is 11.0. The van der Waals surface area contributed by atoms with Gasteiger partial charge in [-0.2, -0.15) is 0 Å². The summed E-state index contributed by atoms with van der Waals surface area (Å²) in [6.45, 7) is 7.91. The van der Waals surface area contributed by atoms with Gasteiger partial charge in [-0.25, -0.2) is 0 Å². The molecule has 0 radical (unpaired) electrons. The Balaban J connectivity index is 2.03. The molecule has 2 heterocycles. The number of ketones is 1. The molecule has 0 fully saturated rings. The molecular formula is C16H21N3O. The van der Waals surface area contributed by atoms with Crippen molar-refractivity contribution in [3.63, 3.8) is 0 Å². The number of H-pyrrole nitrogens is 1. The molecule has 1 N–H and O–H groups in total. The van der Waals surface area contributed by atoms with Gasteiger partial charge in [0, 0.05) is 29.7 Å². The van der Waals surface area contributed by atoms with Gasteiger partial charge in [0.2, 0.25) is 0 Å². The molecule has 4 nitrogen and oxygen atoms in total. The van der Waals surface area contributed by atoms with Crippen molar-refractivity contribution >= 4 is 5.78 Å². The van der Waals surface area contributed by atoms with Crippen molar-refractivity contribution < 1.29 is 4.79 Å². The van der Waals surface area contributed by atoms with E-state index in [2.05, 4.69) is 21.8 Å². The minimum absolute atomic E-state index is 0.157. The second kappa shape index (κ2) is 6.48. The smallest absolute Gasteiger partial charge is 0.178 e. The van der Waals surface area contributed by atoms with E-state index in [9.17, 15) is 4.79 Å². The first kappa shape index (κ1) is 14.5. The molecule has 20 heavy (non-hydrogen) atoms. The average molecular weight is 271 g/mol. The van der Waals surface area contributed by atoms with E-state index in [0.717, 1.165) is 29.2 Å². The van der Waals surface area contributed by atoms with Crippen LogP contribution in [-0.2, 0) is 6.54 Å². The number of aryl methyl sites for hydroxylation is 2. The lowest BCUT2D eigenvalue weighted by Crippen LogP contribution is -2.29. The second-order valence-electron chi connectivity index (χ2n) is 5.04. The average Bonchev–Trinajstić information content (AvgIpc) is 2.78. The van der Waals surface area contributed by atoms with Gasteiger partial charge >= 0.3 is 0 Å². The van der Waals surface area contributed by atoms with Crippen LogP contribution in [0.1, 0.15) is 34.4 Å². The number of nitrogens with one attached hydrogen (secondary N) is 1. The molecule has 0 aromatic carbocycles. The first-order valence-electron chi connectivity index (χ1n) is 6.91. The van der Waals surface area contributed by atoms with Gasteiger partial charge in [-0.3, -0.25) is 14.7 Å². The summed E-state index contributed by atoms with van der Waals surface area (Å²) in [7, 11) is 0. The van der Waals surface area contributed by atoms with Crippen molar-refractivity contribution in [2.24, 2.45) is 0 Å². The number of aromatic nitrogens is 2. The molecule has 106 valence electrons. The fraction of sp³-hybridized carbons (Fsp3) is 0.375. The van der Waals surface area contributed by atoms with Crippen molar-refractivity contribution in [2.75, 3.05) is 13.1 Å². The quantitative estimate of drug-likeness (QED) is 0.822. The van der Waals surface area contributed by atoms with Gasteiger partial charge in [0.25, 0.3) is 0 Å². The zero-order chi connectivity index (χ0) is 14.5. The van der Waals surface area contributed by atoms with Crippen LogP contribution in [-0.4, -0.2) is 33.7 Å². The van der Waals surface area contributed by atoms with Crippen molar-refractivity contribution in [2.45, 2.75) is 27.3 Å². The Hall–Kier alpha value is -1.94. The number of nitrogens with zero attached hydrogens (tertiary/aromatic N) is 2. The minimum atomic E-state index is 0.157. The molecule has 0 aliphatic carbocycles. The maximum Gasteiger partial charge on any atom is 0.178 e. The van der Waals surface area contributed by atoms with Crippen LogP contribution >= 0.6 is 0 Å². The van der Waals surface area contributed by atoms with E-state index in [4.69, 9.17) is 0 Å². The van der Waals surface area contributed by atoms with E-state index in [1.54, 1.807) is 6.20 Å². The Morgan fingerprint density at radius 3 is 2.70 bits per heavy atom. The third-order valence-electron chi connectivity index (χ3n) is 3.38. The predicted molar refractivity (Wildman–Crippen MR) is 79.8 cm³/mol. The van der Waals surface area contributed by atoms with Crippen LogP contribution in [0.15, 0.2) is 30.5 Å². The minimum Gasteiger partial charge on any atom is -0.362 e. The molecule has 0 aliphatic heterocycles. The van der Waals surface area contributed by atoms with Gasteiger partial charge < -0.3 is 4.98 Å². The summed E-state index contributed by atoms with van der Waals surface area (Å²) in [6.07, 6.45) is 1.78. The third-order valence-corrected chi connectivity index (χ3v) is 3.38. The molecule has 0 saturated heterocycles. The molecule has 0 atom stereocenters.